The SMILES string of the molecule is COC1CC(n2c(=O)n(C)c3nnc4ccc(-c5ccc(OCCCN6CCCCC6)nc5)cc4c32)C1. The third kappa shape index (κ3) is 4.62. The number of benzene rings is 1. The number of hydrogen-bond donors (Lipinski definition) is 0. The Morgan fingerprint density at radius 1 is 1.03 bits per heavy atom. The second-order valence-corrected chi connectivity index (χ2v) is 10.3. The van der Waals surface area contributed by atoms with Crippen LogP contribution in [0.1, 0.15) is 44.6 Å². The Kier molecular flexibility index (Phi) is 6.65. The number of imidazole rings is 1. The number of hydrogen-bond acceptors (Lipinski definition) is 7. The highest BCUT2D eigenvalue weighted by atomic mass is 16.5. The maximum Gasteiger partial charge on any atom is 0.330 e. The van der Waals surface area contributed by atoms with Crippen LogP contribution in [0, 0.1) is 0 Å². The molecule has 6 rings (SSSR count). The molecule has 1 aromatic carbocycles. The van der Waals surface area contributed by atoms with E-state index in [1.807, 2.05) is 35.0 Å². The van der Waals surface area contributed by atoms with Gasteiger partial charge in [-0.05, 0) is 69.0 Å². The van der Waals surface area contributed by atoms with E-state index in [2.05, 4.69) is 26.1 Å². The summed E-state index contributed by atoms with van der Waals surface area (Å²) in [4.78, 5) is 20.2. The van der Waals surface area contributed by atoms with Crippen molar-refractivity contribution in [3.8, 4) is 17.0 Å². The summed E-state index contributed by atoms with van der Waals surface area (Å²) in [5, 5.41) is 9.69. The molecule has 3 aromatic heterocycles. The van der Waals surface area contributed by atoms with Crippen LogP contribution in [-0.4, -0.2) is 68.7 Å². The van der Waals surface area contributed by atoms with Crippen molar-refractivity contribution in [3.63, 3.8) is 0 Å². The Bertz CT molecular complexity index is 1450. The van der Waals surface area contributed by atoms with E-state index in [4.69, 9.17) is 9.47 Å². The normalized spacial score (nSPS) is 20.4. The molecule has 0 N–H and O–H groups in total. The summed E-state index contributed by atoms with van der Waals surface area (Å²) >= 11 is 0. The van der Waals surface area contributed by atoms with Crippen LogP contribution in [0.4, 0.5) is 0 Å². The summed E-state index contributed by atoms with van der Waals surface area (Å²) in [6.45, 7) is 4.18. The van der Waals surface area contributed by atoms with E-state index in [9.17, 15) is 4.79 Å². The monoisotopic (exact) mass is 502 g/mol. The smallest absolute Gasteiger partial charge is 0.330 e. The first-order valence-electron chi connectivity index (χ1n) is 13.3. The first-order valence-corrected chi connectivity index (χ1v) is 13.3. The predicted octanol–water partition coefficient (Wildman–Crippen LogP) is 3.95. The lowest BCUT2D eigenvalue weighted by molar-refractivity contribution is 0.00635. The van der Waals surface area contributed by atoms with Gasteiger partial charge in [-0.2, -0.15) is 0 Å². The van der Waals surface area contributed by atoms with Gasteiger partial charge in [-0.3, -0.25) is 9.13 Å². The van der Waals surface area contributed by atoms with E-state index in [-0.39, 0.29) is 17.8 Å². The average molecular weight is 503 g/mol. The molecule has 2 fully saturated rings. The van der Waals surface area contributed by atoms with Crippen LogP contribution in [-0.2, 0) is 11.8 Å². The van der Waals surface area contributed by atoms with Crippen molar-refractivity contribution in [2.24, 2.45) is 7.05 Å². The molecule has 9 nitrogen and oxygen atoms in total. The lowest BCUT2D eigenvalue weighted by atomic mass is 9.89. The van der Waals surface area contributed by atoms with E-state index in [1.165, 1.54) is 32.4 Å². The molecule has 4 heterocycles. The van der Waals surface area contributed by atoms with Crippen LogP contribution in [0.5, 0.6) is 5.88 Å². The van der Waals surface area contributed by atoms with Gasteiger partial charge in [0.1, 0.15) is 5.52 Å². The second kappa shape index (κ2) is 10.2. The topological polar surface area (TPSA) is 87.3 Å². The zero-order chi connectivity index (χ0) is 25.4. The summed E-state index contributed by atoms with van der Waals surface area (Å²) in [5.41, 5.74) is 4.13. The van der Waals surface area contributed by atoms with Gasteiger partial charge in [0.15, 0.2) is 5.65 Å². The quantitative estimate of drug-likeness (QED) is 0.337. The molecule has 194 valence electrons. The highest BCUT2D eigenvalue weighted by molar-refractivity contribution is 6.02. The van der Waals surface area contributed by atoms with Crippen LogP contribution in [0.3, 0.4) is 0 Å². The summed E-state index contributed by atoms with van der Waals surface area (Å²) in [7, 11) is 3.48. The number of ether oxygens (including phenoxy) is 2. The maximum absolute atomic E-state index is 13.1. The summed E-state index contributed by atoms with van der Waals surface area (Å²) in [5.74, 6) is 0.644. The largest absolute Gasteiger partial charge is 0.478 e. The third-order valence-corrected chi connectivity index (χ3v) is 7.92. The van der Waals surface area contributed by atoms with E-state index in [0.29, 0.717) is 18.1 Å². The molecule has 37 heavy (non-hydrogen) atoms. The Balaban J connectivity index is 1.23. The molecule has 0 amide bonds. The van der Waals surface area contributed by atoms with E-state index >= 15 is 0 Å². The van der Waals surface area contributed by atoms with Crippen LogP contribution in [0.15, 0.2) is 41.3 Å². The number of nitrogens with zero attached hydrogens (tertiary/aromatic N) is 6. The summed E-state index contributed by atoms with van der Waals surface area (Å²) < 4.78 is 14.8. The van der Waals surface area contributed by atoms with Crippen molar-refractivity contribution in [2.45, 2.75) is 50.7 Å². The van der Waals surface area contributed by atoms with Gasteiger partial charge in [-0.25, -0.2) is 9.78 Å². The molecule has 0 spiro atoms. The fraction of sp³-hybridized carbons (Fsp3) is 0.500. The minimum absolute atomic E-state index is 0.0646. The fourth-order valence-corrected chi connectivity index (χ4v) is 5.64. The molecule has 0 atom stereocenters. The molecule has 1 saturated carbocycles. The number of aromatic nitrogens is 5. The number of methoxy groups -OCH3 is 1. The molecule has 0 unspecified atom stereocenters. The molecule has 1 aliphatic carbocycles. The Morgan fingerprint density at radius 2 is 1.84 bits per heavy atom. The van der Waals surface area contributed by atoms with Crippen molar-refractivity contribution in [1.82, 2.24) is 29.2 Å². The standard InChI is InChI=1S/C28H34N6O3/c1-32-27-26(34(28(32)35)21-16-22(17-21)36-2)23-15-19(7-9-24(23)30-31-27)20-8-10-25(29-18-20)37-14-6-13-33-11-4-3-5-12-33/h7-10,15,18,21-22H,3-6,11-14,16-17H2,1-2H3. The molecule has 0 bridgehead atoms. The molecule has 0 radical (unpaired) electrons. The molecule has 1 saturated heterocycles. The predicted molar refractivity (Wildman–Crippen MR) is 143 cm³/mol. The van der Waals surface area contributed by atoms with Gasteiger partial charge < -0.3 is 14.4 Å². The van der Waals surface area contributed by atoms with Gasteiger partial charge in [0.25, 0.3) is 0 Å². The van der Waals surface area contributed by atoms with Crippen molar-refractivity contribution < 1.29 is 9.47 Å². The fourth-order valence-electron chi connectivity index (χ4n) is 5.64. The first kappa shape index (κ1) is 24.1. The minimum atomic E-state index is -0.0646. The number of fused-ring (bicyclic) bond motifs is 3. The lowest BCUT2D eigenvalue weighted by Crippen LogP contribution is -2.37. The van der Waals surface area contributed by atoms with Gasteiger partial charge in [0.05, 0.1) is 18.2 Å². The molecular weight excluding hydrogens is 468 g/mol. The number of aryl methyl sites for hydroxylation is 1. The van der Waals surface area contributed by atoms with Gasteiger partial charge >= 0.3 is 5.69 Å². The average Bonchev–Trinajstić information content (AvgIpc) is 3.17. The number of likely N-dealkylation sites (tertiary alicyclic amines) is 1. The first-order chi connectivity index (χ1) is 18.1. The van der Waals surface area contributed by atoms with Gasteiger partial charge in [-0.1, -0.05) is 12.5 Å². The number of piperidine rings is 1. The van der Waals surface area contributed by atoms with E-state index in [1.54, 1.807) is 18.7 Å². The Labute approximate surface area is 216 Å². The Hall–Kier alpha value is -3.30. The van der Waals surface area contributed by atoms with Crippen LogP contribution < -0.4 is 10.4 Å². The molecular formula is C28H34N6O3. The number of pyridine rings is 1. The van der Waals surface area contributed by atoms with Crippen molar-refractivity contribution >= 4 is 22.1 Å². The van der Waals surface area contributed by atoms with E-state index < -0.39 is 0 Å². The highest BCUT2D eigenvalue weighted by Crippen LogP contribution is 2.37. The second-order valence-electron chi connectivity index (χ2n) is 10.3. The summed E-state index contributed by atoms with van der Waals surface area (Å²) in [6.07, 6.45) is 8.68. The third-order valence-electron chi connectivity index (χ3n) is 7.92. The Morgan fingerprint density at radius 3 is 2.59 bits per heavy atom. The van der Waals surface area contributed by atoms with Gasteiger partial charge in [0.2, 0.25) is 5.88 Å². The minimum Gasteiger partial charge on any atom is -0.478 e. The zero-order valence-electron chi connectivity index (χ0n) is 21.6. The maximum atomic E-state index is 13.1. The van der Waals surface area contributed by atoms with Crippen molar-refractivity contribution in [1.29, 1.82) is 0 Å². The molecule has 1 aliphatic heterocycles. The van der Waals surface area contributed by atoms with Crippen molar-refractivity contribution in [3.05, 3.63) is 47.0 Å². The lowest BCUT2D eigenvalue weighted by Gasteiger charge is -2.34. The van der Waals surface area contributed by atoms with Crippen LogP contribution in [0.25, 0.3) is 33.2 Å². The number of rotatable bonds is 8. The van der Waals surface area contributed by atoms with Crippen LogP contribution >= 0.6 is 0 Å². The highest BCUT2D eigenvalue weighted by Gasteiger charge is 2.34. The molecule has 4 aromatic rings. The van der Waals surface area contributed by atoms with Crippen LogP contribution in [0.2, 0.25) is 0 Å². The van der Waals surface area contributed by atoms with Gasteiger partial charge in [-0.15, -0.1) is 10.2 Å². The van der Waals surface area contributed by atoms with Crippen molar-refractivity contribution in [2.75, 3.05) is 33.4 Å². The molecule has 9 heteroatoms. The van der Waals surface area contributed by atoms with E-state index in [0.717, 1.165) is 53.4 Å². The zero-order valence-corrected chi connectivity index (χ0v) is 21.6. The molecule has 2 aliphatic rings. The van der Waals surface area contributed by atoms with Gasteiger partial charge in [0, 0.05) is 50.0 Å². The summed E-state index contributed by atoms with van der Waals surface area (Å²) in [6, 6.07) is 10.1.